The van der Waals surface area contributed by atoms with Gasteiger partial charge in [0.15, 0.2) is 0 Å². The van der Waals surface area contributed by atoms with Crippen LogP contribution in [0, 0.1) is 0 Å². The third-order valence-electron chi connectivity index (χ3n) is 5.04. The number of aryl methyl sites for hydroxylation is 2. The Kier molecular flexibility index (Phi) is 4.74. The monoisotopic (exact) mass is 302 g/mol. The molecule has 0 N–H and O–H groups in total. The highest BCUT2D eigenvalue weighted by molar-refractivity contribution is 5.39. The summed E-state index contributed by atoms with van der Waals surface area (Å²) in [4.78, 5) is 5.02. The Morgan fingerprint density at radius 1 is 1.14 bits per heavy atom. The van der Waals surface area contributed by atoms with Crippen LogP contribution in [0.25, 0.3) is 0 Å². The first-order valence-electron chi connectivity index (χ1n) is 8.74. The van der Waals surface area contributed by atoms with Crippen LogP contribution in [0.15, 0.2) is 18.2 Å². The van der Waals surface area contributed by atoms with E-state index < -0.39 is 0 Å². The van der Waals surface area contributed by atoms with Gasteiger partial charge in [-0.05, 0) is 70.3 Å². The number of hydrogen-bond donors (Lipinski definition) is 0. The Bertz CT molecular complexity index is 504. The van der Waals surface area contributed by atoms with Crippen LogP contribution < -0.4 is 4.74 Å². The summed E-state index contributed by atoms with van der Waals surface area (Å²) < 4.78 is 6.07. The van der Waals surface area contributed by atoms with Crippen molar-refractivity contribution in [3.05, 3.63) is 29.3 Å². The van der Waals surface area contributed by atoms with E-state index in [2.05, 4.69) is 48.9 Å². The first kappa shape index (κ1) is 15.8. The molecule has 1 aromatic carbocycles. The van der Waals surface area contributed by atoms with Gasteiger partial charge < -0.3 is 14.5 Å². The molecule has 0 unspecified atom stereocenters. The second-order valence-electron chi connectivity index (χ2n) is 7.55. The van der Waals surface area contributed by atoms with E-state index in [1.54, 1.807) is 0 Å². The predicted molar refractivity (Wildman–Crippen MR) is 91.7 cm³/mol. The fourth-order valence-electron chi connectivity index (χ4n) is 3.45. The van der Waals surface area contributed by atoms with Crippen LogP contribution >= 0.6 is 0 Å². The van der Waals surface area contributed by atoms with E-state index in [-0.39, 0.29) is 5.60 Å². The van der Waals surface area contributed by atoms with Crippen molar-refractivity contribution >= 4 is 0 Å². The molecule has 0 spiro atoms. The van der Waals surface area contributed by atoms with E-state index in [0.717, 1.165) is 18.6 Å². The Morgan fingerprint density at radius 3 is 2.68 bits per heavy atom. The number of fused-ring (bicyclic) bond motifs is 1. The average molecular weight is 302 g/mol. The lowest BCUT2D eigenvalue weighted by atomic mass is 9.93. The van der Waals surface area contributed by atoms with Crippen LogP contribution in [0.3, 0.4) is 0 Å². The number of nitrogens with zero attached hydrogens (tertiary/aromatic N) is 2. The molecule has 2 aliphatic rings. The van der Waals surface area contributed by atoms with E-state index in [1.165, 1.54) is 56.7 Å². The van der Waals surface area contributed by atoms with Crippen molar-refractivity contribution in [2.45, 2.75) is 45.1 Å². The lowest BCUT2D eigenvalue weighted by molar-refractivity contribution is 0.0846. The molecule has 0 aromatic heterocycles. The lowest BCUT2D eigenvalue weighted by Crippen LogP contribution is -2.44. The summed E-state index contributed by atoms with van der Waals surface area (Å²) >= 11 is 0. The summed E-state index contributed by atoms with van der Waals surface area (Å²) in [5, 5.41) is 0. The molecular weight excluding hydrogens is 272 g/mol. The van der Waals surface area contributed by atoms with Crippen LogP contribution in [0.1, 0.15) is 37.8 Å². The number of ether oxygens (including phenoxy) is 1. The van der Waals surface area contributed by atoms with Gasteiger partial charge in [-0.2, -0.15) is 0 Å². The zero-order valence-electron chi connectivity index (χ0n) is 14.4. The summed E-state index contributed by atoms with van der Waals surface area (Å²) in [6.45, 7) is 10.5. The molecule has 1 saturated heterocycles. The number of benzene rings is 1. The Balaban J connectivity index is 1.49. The molecule has 3 rings (SSSR count). The molecule has 0 atom stereocenters. The van der Waals surface area contributed by atoms with E-state index >= 15 is 0 Å². The molecule has 3 heteroatoms. The van der Waals surface area contributed by atoms with Gasteiger partial charge >= 0.3 is 0 Å². The molecule has 0 bridgehead atoms. The Labute approximate surface area is 135 Å². The highest BCUT2D eigenvalue weighted by atomic mass is 16.5. The average Bonchev–Trinajstić information content (AvgIpc) is 2.49. The predicted octanol–water partition coefficient (Wildman–Crippen LogP) is 2.97. The zero-order valence-corrected chi connectivity index (χ0v) is 14.4. The van der Waals surface area contributed by atoms with Crippen molar-refractivity contribution in [1.29, 1.82) is 0 Å². The molecule has 0 radical (unpaired) electrons. The van der Waals surface area contributed by atoms with Crippen LogP contribution in [-0.4, -0.2) is 55.2 Å². The fraction of sp³-hybridized carbons (Fsp3) is 0.684. The lowest BCUT2D eigenvalue weighted by Gasteiger charge is -2.33. The first-order chi connectivity index (χ1) is 10.5. The van der Waals surface area contributed by atoms with Crippen molar-refractivity contribution in [3.63, 3.8) is 0 Å². The maximum absolute atomic E-state index is 6.07. The second kappa shape index (κ2) is 6.59. The van der Waals surface area contributed by atoms with Gasteiger partial charge in [-0.15, -0.1) is 0 Å². The third kappa shape index (κ3) is 4.02. The molecule has 122 valence electrons. The summed E-state index contributed by atoms with van der Waals surface area (Å²) in [5.74, 6) is 1.10. The molecule has 1 fully saturated rings. The highest BCUT2D eigenvalue weighted by Crippen LogP contribution is 2.33. The normalized spacial score (nSPS) is 22.1. The number of hydrogen-bond acceptors (Lipinski definition) is 3. The van der Waals surface area contributed by atoms with Gasteiger partial charge in [0.25, 0.3) is 0 Å². The molecule has 3 nitrogen and oxygen atoms in total. The molecular formula is C19H30N2O. The number of likely N-dealkylation sites (N-methyl/N-ethyl adjacent to an activating group) is 1. The van der Waals surface area contributed by atoms with Gasteiger partial charge in [-0.25, -0.2) is 0 Å². The van der Waals surface area contributed by atoms with Crippen molar-refractivity contribution < 1.29 is 4.74 Å². The molecule has 0 aliphatic carbocycles. The summed E-state index contributed by atoms with van der Waals surface area (Å²) in [6, 6.07) is 6.81. The van der Waals surface area contributed by atoms with Crippen molar-refractivity contribution in [3.8, 4) is 5.75 Å². The Morgan fingerprint density at radius 2 is 1.91 bits per heavy atom. The van der Waals surface area contributed by atoms with E-state index in [4.69, 9.17) is 4.74 Å². The largest absolute Gasteiger partial charge is 0.488 e. The van der Waals surface area contributed by atoms with Crippen molar-refractivity contribution in [2.75, 3.05) is 39.8 Å². The summed E-state index contributed by atoms with van der Waals surface area (Å²) in [7, 11) is 2.22. The summed E-state index contributed by atoms with van der Waals surface area (Å²) in [5.41, 5.74) is 2.86. The van der Waals surface area contributed by atoms with Gasteiger partial charge in [-0.1, -0.05) is 12.1 Å². The minimum atomic E-state index is -0.00403. The molecule has 2 aliphatic heterocycles. The smallest absolute Gasteiger partial charge is 0.123 e. The zero-order chi connectivity index (χ0) is 15.6. The SMILES string of the molecule is CN1CCN(CCCc2ccc3c(c2)CCC(C)(C)O3)CC1. The third-order valence-corrected chi connectivity index (χ3v) is 5.04. The number of rotatable bonds is 4. The van der Waals surface area contributed by atoms with E-state index in [0.29, 0.717) is 0 Å². The molecule has 22 heavy (non-hydrogen) atoms. The molecule has 2 heterocycles. The maximum Gasteiger partial charge on any atom is 0.123 e. The molecule has 1 aromatic rings. The minimum Gasteiger partial charge on any atom is -0.488 e. The molecule has 0 amide bonds. The van der Waals surface area contributed by atoms with Gasteiger partial charge in [0.1, 0.15) is 11.4 Å². The van der Waals surface area contributed by atoms with Gasteiger partial charge in [0.05, 0.1) is 0 Å². The van der Waals surface area contributed by atoms with Crippen LogP contribution in [0.5, 0.6) is 5.75 Å². The van der Waals surface area contributed by atoms with Gasteiger partial charge in [-0.3, -0.25) is 0 Å². The topological polar surface area (TPSA) is 15.7 Å². The van der Waals surface area contributed by atoms with Crippen LogP contribution in [0.4, 0.5) is 0 Å². The van der Waals surface area contributed by atoms with E-state index in [9.17, 15) is 0 Å². The maximum atomic E-state index is 6.07. The number of piperazine rings is 1. The van der Waals surface area contributed by atoms with Crippen LogP contribution in [0.2, 0.25) is 0 Å². The highest BCUT2D eigenvalue weighted by Gasteiger charge is 2.26. The minimum absolute atomic E-state index is 0.00403. The molecule has 0 saturated carbocycles. The standard InChI is InChI=1S/C19H30N2O/c1-19(2)9-8-17-15-16(6-7-18(17)22-19)5-4-10-21-13-11-20(3)12-14-21/h6-7,15H,4-5,8-14H2,1-3H3. The van der Waals surface area contributed by atoms with E-state index in [1.807, 2.05) is 0 Å². The Hall–Kier alpha value is -1.06. The first-order valence-corrected chi connectivity index (χ1v) is 8.74. The van der Waals surface area contributed by atoms with Gasteiger partial charge in [0, 0.05) is 26.2 Å². The summed E-state index contributed by atoms with van der Waals surface area (Å²) in [6.07, 6.45) is 4.71. The second-order valence-corrected chi connectivity index (χ2v) is 7.55. The quantitative estimate of drug-likeness (QED) is 0.850. The van der Waals surface area contributed by atoms with Gasteiger partial charge in [0.2, 0.25) is 0 Å². The van der Waals surface area contributed by atoms with Crippen molar-refractivity contribution in [2.24, 2.45) is 0 Å². The van der Waals surface area contributed by atoms with Crippen LogP contribution in [-0.2, 0) is 12.8 Å². The van der Waals surface area contributed by atoms with Crippen molar-refractivity contribution in [1.82, 2.24) is 9.80 Å². The fourth-order valence-corrected chi connectivity index (χ4v) is 3.45.